The smallest absolute Gasteiger partial charge is 0.212 e. The molecule has 3 rings (SSSR count). The average Bonchev–Trinajstić information content (AvgIpc) is 3.05. The number of rotatable bonds is 4. The molecule has 1 aliphatic rings. The number of hydrogen-bond acceptors (Lipinski definition) is 7. The summed E-state index contributed by atoms with van der Waals surface area (Å²) in [4.78, 5) is 11.9. The molecule has 1 atom stereocenters. The molecule has 0 amide bonds. The van der Waals surface area contributed by atoms with Crippen LogP contribution in [0.15, 0.2) is 27.8 Å². The second kappa shape index (κ2) is 5.37. The van der Waals surface area contributed by atoms with Gasteiger partial charge in [-0.25, -0.2) is 0 Å². The number of thiophene rings is 1. The second-order valence-electron chi connectivity index (χ2n) is 4.21. The first-order chi connectivity index (χ1) is 9.69. The minimum Gasteiger partial charge on any atom is -0.550 e. The summed E-state index contributed by atoms with van der Waals surface area (Å²) < 4.78 is 1.70. The van der Waals surface area contributed by atoms with E-state index in [1.165, 1.54) is 23.1 Å². The van der Waals surface area contributed by atoms with Gasteiger partial charge in [0.2, 0.25) is 5.16 Å². The van der Waals surface area contributed by atoms with Crippen molar-refractivity contribution >= 4 is 34.8 Å². The largest absolute Gasteiger partial charge is 0.550 e. The summed E-state index contributed by atoms with van der Waals surface area (Å²) in [6.07, 6.45) is 0.635. The molecule has 0 unspecified atom stereocenters. The summed E-state index contributed by atoms with van der Waals surface area (Å²) in [6, 6.07) is 3.86. The molecule has 0 bridgehead atoms. The van der Waals surface area contributed by atoms with Crippen molar-refractivity contribution in [1.29, 1.82) is 0 Å². The quantitative estimate of drug-likeness (QED) is 0.833. The van der Waals surface area contributed by atoms with E-state index in [1.54, 1.807) is 4.68 Å². The molecule has 3 heterocycles. The number of thioether (sulfide) groups is 1. The maximum absolute atomic E-state index is 10.9. The molecule has 0 saturated carbocycles. The van der Waals surface area contributed by atoms with Crippen molar-refractivity contribution in [1.82, 2.24) is 14.9 Å². The van der Waals surface area contributed by atoms with Crippen LogP contribution in [0.5, 0.6) is 0 Å². The maximum Gasteiger partial charge on any atom is 0.212 e. The van der Waals surface area contributed by atoms with Gasteiger partial charge in [-0.1, -0.05) is 24.8 Å². The van der Waals surface area contributed by atoms with Crippen molar-refractivity contribution in [3.63, 3.8) is 0 Å². The summed E-state index contributed by atoms with van der Waals surface area (Å²) in [7, 11) is 0. The van der Waals surface area contributed by atoms with Crippen molar-refractivity contribution in [2.24, 2.45) is 5.10 Å². The first kappa shape index (κ1) is 13.3. The lowest BCUT2D eigenvalue weighted by molar-refractivity contribution is -0.305. The van der Waals surface area contributed by atoms with Gasteiger partial charge in [-0.15, -0.1) is 21.5 Å². The summed E-state index contributed by atoms with van der Waals surface area (Å²) in [5.74, 6) is -0.316. The Morgan fingerprint density at radius 3 is 3.00 bits per heavy atom. The molecule has 2 aromatic heterocycles. The van der Waals surface area contributed by atoms with Crippen molar-refractivity contribution in [2.75, 3.05) is 0 Å². The van der Waals surface area contributed by atoms with Crippen LogP contribution in [0.25, 0.3) is 0 Å². The maximum atomic E-state index is 10.9. The topological polar surface area (TPSA) is 83.2 Å². The third-order valence-electron chi connectivity index (χ3n) is 2.88. The van der Waals surface area contributed by atoms with Crippen molar-refractivity contribution < 1.29 is 9.90 Å². The molecule has 0 radical (unpaired) electrons. The fourth-order valence-corrected chi connectivity index (χ4v) is 3.90. The van der Waals surface area contributed by atoms with Crippen LogP contribution in [-0.2, 0) is 11.2 Å². The molecule has 0 saturated heterocycles. The van der Waals surface area contributed by atoms with Gasteiger partial charge in [0.25, 0.3) is 0 Å². The second-order valence-corrected chi connectivity index (χ2v) is 6.33. The molecule has 20 heavy (non-hydrogen) atoms. The van der Waals surface area contributed by atoms with Crippen molar-refractivity contribution in [2.45, 2.75) is 30.2 Å². The third kappa shape index (κ3) is 2.36. The van der Waals surface area contributed by atoms with E-state index in [2.05, 4.69) is 15.3 Å². The van der Waals surface area contributed by atoms with Crippen LogP contribution in [0.1, 0.15) is 24.0 Å². The summed E-state index contributed by atoms with van der Waals surface area (Å²) in [6.45, 7) is 1.98. The highest BCUT2D eigenvalue weighted by molar-refractivity contribution is 8.00. The van der Waals surface area contributed by atoms with Crippen LogP contribution in [0.3, 0.4) is 0 Å². The third-order valence-corrected chi connectivity index (χ3v) is 4.91. The first-order valence-electron chi connectivity index (χ1n) is 6.12. The number of aromatic nitrogens is 3. The minimum atomic E-state index is -1.09. The number of carboxylic acids is 1. The number of aliphatic carboxylic acids is 1. The van der Waals surface area contributed by atoms with E-state index >= 15 is 0 Å². The molecular weight excluding hydrogens is 296 g/mol. The van der Waals surface area contributed by atoms with Crippen LogP contribution in [0.2, 0.25) is 0 Å². The monoisotopic (exact) mass is 307 g/mol. The van der Waals surface area contributed by atoms with Gasteiger partial charge in [0.05, 0.1) is 15.8 Å². The molecule has 6 nitrogen and oxygen atoms in total. The van der Waals surface area contributed by atoms with E-state index in [4.69, 9.17) is 0 Å². The molecule has 104 valence electrons. The molecule has 2 aromatic rings. The summed E-state index contributed by atoms with van der Waals surface area (Å²) in [5, 5.41) is 25.9. The Hall–Kier alpha value is -1.67. The lowest BCUT2D eigenvalue weighted by atomic mass is 10.1. The Balaban J connectivity index is 2.06. The molecule has 0 aliphatic carbocycles. The van der Waals surface area contributed by atoms with Gasteiger partial charge >= 0.3 is 0 Å². The Kier molecular flexibility index (Phi) is 3.58. The molecule has 0 aromatic carbocycles. The fourth-order valence-electron chi connectivity index (χ4n) is 1.97. The molecule has 0 N–H and O–H groups in total. The Bertz CT molecular complexity index is 663. The van der Waals surface area contributed by atoms with Crippen molar-refractivity contribution in [3.8, 4) is 0 Å². The van der Waals surface area contributed by atoms with E-state index in [0.29, 0.717) is 5.16 Å². The van der Waals surface area contributed by atoms with Gasteiger partial charge in [-0.05, 0) is 11.4 Å². The number of aryl methyl sites for hydroxylation is 1. The van der Waals surface area contributed by atoms with Gasteiger partial charge in [0, 0.05) is 18.8 Å². The number of fused-ring (bicyclic) bond motifs is 1. The van der Waals surface area contributed by atoms with Crippen LogP contribution >= 0.6 is 23.1 Å². The Labute approximate surface area is 123 Å². The lowest BCUT2D eigenvalue weighted by Crippen LogP contribution is -2.32. The summed E-state index contributed by atoms with van der Waals surface area (Å²) >= 11 is 2.91. The standard InChI is InChI=1S/C12H12N4O2S2/c1-2-9-13-14-12-16(9)15-11(7-4-3-5-19-7)8(20-12)6-10(17)18/h3-5,8H,2,6H2,1H3,(H,17,18)/p-1/t8-/m0/s1. The molecule has 0 fully saturated rings. The molecule has 0 spiro atoms. The van der Waals surface area contributed by atoms with E-state index < -0.39 is 5.97 Å². The van der Waals surface area contributed by atoms with E-state index in [1.807, 2.05) is 24.4 Å². The molecule has 1 aliphatic heterocycles. The van der Waals surface area contributed by atoms with Gasteiger partial charge in [0.15, 0.2) is 5.82 Å². The highest BCUT2D eigenvalue weighted by atomic mass is 32.2. The average molecular weight is 307 g/mol. The van der Waals surface area contributed by atoms with Gasteiger partial charge < -0.3 is 9.90 Å². The highest BCUT2D eigenvalue weighted by Crippen LogP contribution is 2.33. The minimum absolute atomic E-state index is 0.0876. The lowest BCUT2D eigenvalue weighted by Gasteiger charge is -2.22. The van der Waals surface area contributed by atoms with Crippen LogP contribution in [-0.4, -0.2) is 31.8 Å². The zero-order valence-corrected chi connectivity index (χ0v) is 12.3. The van der Waals surface area contributed by atoms with E-state index in [-0.39, 0.29) is 11.7 Å². The zero-order chi connectivity index (χ0) is 14.1. The molecule has 8 heteroatoms. The molecular formula is C12H11N4O2S2-. The van der Waals surface area contributed by atoms with Gasteiger partial charge in [0.1, 0.15) is 0 Å². The normalized spacial score (nSPS) is 17.6. The number of nitrogens with zero attached hydrogens (tertiary/aromatic N) is 4. The first-order valence-corrected chi connectivity index (χ1v) is 7.88. The number of hydrogen-bond donors (Lipinski definition) is 0. The van der Waals surface area contributed by atoms with Gasteiger partial charge in [-0.3, -0.25) is 0 Å². The van der Waals surface area contributed by atoms with E-state index in [0.717, 1.165) is 22.8 Å². The fraction of sp³-hybridized carbons (Fsp3) is 0.333. The SMILES string of the molecule is CCc1nnc2n1N=C(c1cccs1)[C@H](CC(=O)[O-])S2. The number of carbonyl (C=O) groups excluding carboxylic acids is 1. The van der Waals surface area contributed by atoms with Crippen LogP contribution in [0, 0.1) is 0 Å². The predicted molar refractivity (Wildman–Crippen MR) is 74.9 cm³/mol. The summed E-state index contributed by atoms with van der Waals surface area (Å²) in [5.41, 5.74) is 0.746. The Morgan fingerprint density at radius 1 is 1.50 bits per heavy atom. The van der Waals surface area contributed by atoms with E-state index in [9.17, 15) is 9.90 Å². The number of carbonyl (C=O) groups is 1. The van der Waals surface area contributed by atoms with Gasteiger partial charge in [-0.2, -0.15) is 9.78 Å². The highest BCUT2D eigenvalue weighted by Gasteiger charge is 2.29. The number of carboxylic acid groups (broad SMARTS) is 1. The van der Waals surface area contributed by atoms with Crippen LogP contribution in [0.4, 0.5) is 0 Å². The zero-order valence-electron chi connectivity index (χ0n) is 10.6. The Morgan fingerprint density at radius 2 is 2.35 bits per heavy atom. The van der Waals surface area contributed by atoms with Crippen molar-refractivity contribution in [3.05, 3.63) is 28.2 Å². The van der Waals surface area contributed by atoms with Crippen LogP contribution < -0.4 is 5.11 Å². The predicted octanol–water partition coefficient (Wildman–Crippen LogP) is 0.769.